The smallest absolute Gasteiger partial charge is 0.255 e. The largest absolute Gasteiger partial charge is 0.494 e. The second kappa shape index (κ2) is 8.97. The second-order valence-electron chi connectivity index (χ2n) is 4.42. The number of anilines is 1. The van der Waals surface area contributed by atoms with Gasteiger partial charge in [0.05, 0.1) is 6.61 Å². The Kier molecular flexibility index (Phi) is 7.26. The fourth-order valence-corrected chi connectivity index (χ4v) is 1.68. The van der Waals surface area contributed by atoms with Crippen LogP contribution in [0.3, 0.4) is 0 Å². The van der Waals surface area contributed by atoms with Crippen LogP contribution in [-0.4, -0.2) is 17.5 Å². The van der Waals surface area contributed by atoms with Crippen molar-refractivity contribution in [1.29, 1.82) is 0 Å². The summed E-state index contributed by atoms with van der Waals surface area (Å²) < 4.78 is 5.57. The summed E-state index contributed by atoms with van der Waals surface area (Å²) in [5, 5.41) is 2.83. The second-order valence-corrected chi connectivity index (χ2v) is 4.42. The van der Waals surface area contributed by atoms with Crippen molar-refractivity contribution in [3.8, 4) is 5.75 Å². The van der Waals surface area contributed by atoms with E-state index in [9.17, 15) is 4.79 Å². The van der Waals surface area contributed by atoms with Crippen LogP contribution in [0.4, 0.5) is 5.69 Å². The van der Waals surface area contributed by atoms with Crippen molar-refractivity contribution in [2.24, 2.45) is 0 Å². The summed E-state index contributed by atoms with van der Waals surface area (Å²) in [6.07, 6.45) is 5.35. The molecule has 0 unspecified atom stereocenters. The number of hydrogen-bond acceptors (Lipinski definition) is 3. The molecule has 2 rings (SSSR count). The molecule has 4 nitrogen and oxygen atoms in total. The summed E-state index contributed by atoms with van der Waals surface area (Å²) in [7, 11) is 0. The van der Waals surface area contributed by atoms with E-state index in [0.29, 0.717) is 5.56 Å². The number of hydrogen-bond donors (Lipinski definition) is 1. The lowest BCUT2D eigenvalue weighted by molar-refractivity contribution is 0.102. The number of aromatic nitrogens is 1. The van der Waals surface area contributed by atoms with Gasteiger partial charge in [-0.3, -0.25) is 9.78 Å². The topological polar surface area (TPSA) is 51.2 Å². The molecule has 0 aliphatic carbocycles. The predicted octanol–water partition coefficient (Wildman–Crippen LogP) is 3.93. The number of ether oxygens (including phenoxy) is 1. The Balaban J connectivity index is 0.00000220. The van der Waals surface area contributed by atoms with Crippen LogP contribution >= 0.6 is 12.4 Å². The molecule has 0 saturated heterocycles. The quantitative estimate of drug-likeness (QED) is 0.823. The molecule has 1 heterocycles. The maximum Gasteiger partial charge on any atom is 0.255 e. The molecule has 0 fully saturated rings. The number of benzene rings is 1. The molecule has 1 N–H and O–H groups in total. The first kappa shape index (κ1) is 17.0. The van der Waals surface area contributed by atoms with E-state index in [1.54, 1.807) is 24.5 Å². The molecule has 0 aliphatic heterocycles. The molecular formula is C16H19ClN2O2. The predicted molar refractivity (Wildman–Crippen MR) is 86.3 cm³/mol. The van der Waals surface area contributed by atoms with Crippen molar-refractivity contribution in [3.05, 3.63) is 54.4 Å². The van der Waals surface area contributed by atoms with Gasteiger partial charge in [0.2, 0.25) is 0 Å². The molecule has 2 aromatic rings. The third-order valence-corrected chi connectivity index (χ3v) is 2.82. The van der Waals surface area contributed by atoms with Crippen LogP contribution in [0, 0.1) is 0 Å². The number of carbonyl (C=O) groups is 1. The van der Waals surface area contributed by atoms with Gasteiger partial charge >= 0.3 is 0 Å². The van der Waals surface area contributed by atoms with Crippen LogP contribution in [0.15, 0.2) is 48.8 Å². The Morgan fingerprint density at radius 1 is 1.14 bits per heavy atom. The highest BCUT2D eigenvalue weighted by molar-refractivity contribution is 6.04. The highest BCUT2D eigenvalue weighted by Gasteiger charge is 2.05. The minimum absolute atomic E-state index is 0. The first-order valence-electron chi connectivity index (χ1n) is 6.74. The van der Waals surface area contributed by atoms with Gasteiger partial charge < -0.3 is 10.1 Å². The van der Waals surface area contributed by atoms with Gasteiger partial charge in [-0.25, -0.2) is 0 Å². The molecule has 0 aliphatic rings. The van der Waals surface area contributed by atoms with Crippen LogP contribution in [0.1, 0.15) is 30.1 Å². The Morgan fingerprint density at radius 2 is 1.81 bits per heavy atom. The molecule has 0 atom stereocenters. The molecule has 0 bridgehead atoms. The van der Waals surface area contributed by atoms with Gasteiger partial charge in [0.25, 0.3) is 5.91 Å². The highest BCUT2D eigenvalue weighted by Crippen LogP contribution is 2.16. The average Bonchev–Trinajstić information content (AvgIpc) is 2.50. The lowest BCUT2D eigenvalue weighted by Gasteiger charge is -2.08. The minimum atomic E-state index is -0.146. The van der Waals surface area contributed by atoms with E-state index in [1.165, 1.54) is 0 Å². The van der Waals surface area contributed by atoms with Crippen LogP contribution < -0.4 is 10.1 Å². The Bertz CT molecular complexity index is 544. The zero-order valence-corrected chi connectivity index (χ0v) is 12.7. The summed E-state index contributed by atoms with van der Waals surface area (Å²) in [6, 6.07) is 10.7. The lowest BCUT2D eigenvalue weighted by Crippen LogP contribution is -2.11. The maximum atomic E-state index is 11.9. The minimum Gasteiger partial charge on any atom is -0.494 e. The molecule has 112 valence electrons. The normalized spacial score (nSPS) is 9.57. The van der Waals surface area contributed by atoms with E-state index >= 15 is 0 Å². The van der Waals surface area contributed by atoms with Crippen molar-refractivity contribution in [2.45, 2.75) is 19.8 Å². The van der Waals surface area contributed by atoms with Gasteiger partial charge in [-0.1, -0.05) is 13.3 Å². The number of halogens is 1. The van der Waals surface area contributed by atoms with E-state index in [2.05, 4.69) is 17.2 Å². The van der Waals surface area contributed by atoms with Gasteiger partial charge in [0.1, 0.15) is 5.75 Å². The number of nitrogens with one attached hydrogen (secondary N) is 1. The molecule has 1 amide bonds. The fourth-order valence-electron chi connectivity index (χ4n) is 1.68. The molecule has 0 radical (unpaired) electrons. The Morgan fingerprint density at radius 3 is 2.43 bits per heavy atom. The number of nitrogens with zero attached hydrogens (tertiary/aromatic N) is 1. The van der Waals surface area contributed by atoms with Gasteiger partial charge in [0.15, 0.2) is 0 Å². The maximum absolute atomic E-state index is 11.9. The van der Waals surface area contributed by atoms with Crippen molar-refractivity contribution < 1.29 is 9.53 Å². The van der Waals surface area contributed by atoms with Gasteiger partial charge in [-0.05, 0) is 42.8 Å². The van der Waals surface area contributed by atoms with Crippen molar-refractivity contribution in [2.75, 3.05) is 11.9 Å². The molecule has 1 aromatic carbocycles. The summed E-state index contributed by atoms with van der Waals surface area (Å²) >= 11 is 0. The monoisotopic (exact) mass is 306 g/mol. The molecule has 1 aromatic heterocycles. The molecule has 0 saturated carbocycles. The van der Waals surface area contributed by atoms with Crippen LogP contribution in [0.5, 0.6) is 5.75 Å². The molecule has 0 spiro atoms. The number of pyridine rings is 1. The fraction of sp³-hybridized carbons (Fsp3) is 0.250. The van der Waals surface area contributed by atoms with Crippen LogP contribution in [0.25, 0.3) is 0 Å². The van der Waals surface area contributed by atoms with Gasteiger partial charge in [-0.15, -0.1) is 12.4 Å². The zero-order valence-electron chi connectivity index (χ0n) is 11.9. The van der Waals surface area contributed by atoms with Crippen LogP contribution in [0.2, 0.25) is 0 Å². The molecule has 5 heteroatoms. The summed E-state index contributed by atoms with van der Waals surface area (Å²) in [4.78, 5) is 15.8. The first-order chi connectivity index (χ1) is 9.79. The lowest BCUT2D eigenvalue weighted by atomic mass is 10.2. The SMILES string of the molecule is CCCCOc1ccc(NC(=O)c2ccncc2)cc1.Cl. The number of amides is 1. The number of carbonyl (C=O) groups excluding carboxylic acids is 1. The molecule has 21 heavy (non-hydrogen) atoms. The summed E-state index contributed by atoms with van der Waals surface area (Å²) in [5.41, 5.74) is 1.33. The van der Waals surface area contributed by atoms with Crippen molar-refractivity contribution in [1.82, 2.24) is 4.98 Å². The Hall–Kier alpha value is -2.07. The van der Waals surface area contributed by atoms with E-state index in [-0.39, 0.29) is 18.3 Å². The number of rotatable bonds is 6. The van der Waals surface area contributed by atoms with E-state index in [1.807, 2.05) is 24.3 Å². The standard InChI is InChI=1S/C16H18N2O2.ClH/c1-2-3-12-20-15-6-4-14(5-7-15)18-16(19)13-8-10-17-11-9-13;/h4-11H,2-3,12H2,1H3,(H,18,19);1H. The van der Waals surface area contributed by atoms with E-state index in [4.69, 9.17) is 4.74 Å². The third-order valence-electron chi connectivity index (χ3n) is 2.82. The third kappa shape index (κ3) is 5.44. The highest BCUT2D eigenvalue weighted by atomic mass is 35.5. The van der Waals surface area contributed by atoms with Crippen LogP contribution in [-0.2, 0) is 0 Å². The van der Waals surface area contributed by atoms with Crippen molar-refractivity contribution in [3.63, 3.8) is 0 Å². The Labute approximate surface area is 131 Å². The van der Waals surface area contributed by atoms with Gasteiger partial charge in [-0.2, -0.15) is 0 Å². The van der Waals surface area contributed by atoms with Gasteiger partial charge in [0, 0.05) is 23.6 Å². The average molecular weight is 307 g/mol. The summed E-state index contributed by atoms with van der Waals surface area (Å²) in [6.45, 7) is 2.85. The first-order valence-corrected chi connectivity index (χ1v) is 6.74. The van der Waals surface area contributed by atoms with Crippen molar-refractivity contribution >= 4 is 24.0 Å². The van der Waals surface area contributed by atoms with E-state index in [0.717, 1.165) is 30.9 Å². The number of unbranched alkanes of at least 4 members (excludes halogenated alkanes) is 1. The zero-order chi connectivity index (χ0) is 14.2. The van der Waals surface area contributed by atoms with E-state index < -0.39 is 0 Å². The molecular weight excluding hydrogens is 288 g/mol. The summed E-state index contributed by atoms with van der Waals surface area (Å²) in [5.74, 6) is 0.674.